The van der Waals surface area contributed by atoms with Crippen LogP contribution in [0.5, 0.6) is 0 Å². The molecule has 0 aromatic carbocycles. The Balaban J connectivity index is -0.0000000267. The molecule has 0 aliphatic rings. The molecule has 13 heavy (non-hydrogen) atoms. The molecule has 5 N–H and O–H groups in total. The van der Waals surface area contributed by atoms with Gasteiger partial charge in [-0.25, -0.2) is 9.13 Å². The molecule has 0 aromatic rings. The van der Waals surface area contributed by atoms with Crippen LogP contribution in [0.3, 0.4) is 0 Å². The number of halogens is 1. The Morgan fingerprint density at radius 1 is 0.769 bits per heavy atom. The summed E-state index contributed by atoms with van der Waals surface area (Å²) >= 11 is 0. The maximum atomic E-state index is 10.4. The van der Waals surface area contributed by atoms with E-state index >= 15 is 0 Å². The Labute approximate surface area is 140 Å². The third-order valence-electron chi connectivity index (χ3n) is 0. The number of hydrogen-bond donors (Lipinski definition) is 5. The molecule has 7 nitrogen and oxygen atoms in total. The van der Waals surface area contributed by atoms with Gasteiger partial charge in [0.15, 0.2) is 0 Å². The van der Waals surface area contributed by atoms with E-state index < -0.39 is 15.7 Å². The molecule has 0 spiro atoms. The van der Waals surface area contributed by atoms with E-state index in [1.165, 1.54) is 0 Å². The molecule has 0 fully saturated rings. The normalized spacial score (nSPS) is 9.08. The van der Waals surface area contributed by atoms with E-state index in [2.05, 4.69) is 0 Å². The van der Waals surface area contributed by atoms with Crippen LogP contribution in [0.15, 0.2) is 0 Å². The van der Waals surface area contributed by atoms with Crippen molar-refractivity contribution in [2.24, 2.45) is 0 Å². The van der Waals surface area contributed by atoms with Gasteiger partial charge in [0.05, 0.1) is 0 Å². The van der Waals surface area contributed by atoms with Gasteiger partial charge in [0.1, 0.15) is 0 Å². The van der Waals surface area contributed by atoms with Crippen molar-refractivity contribution in [3.05, 3.63) is 0 Å². The zero-order valence-corrected chi connectivity index (χ0v) is 6.11. The molecule has 70 valence electrons. The van der Waals surface area contributed by atoms with Crippen LogP contribution in [0.2, 0.25) is 0 Å². The standard InChI is InChI=1S/FH2O3P.3Na.H3O4P.3H/c1-5(2,3)4;;;;1-5(2,3)4;;;/h(H2,2,3,4);;;;(H3,1,2,3,4);;;. The Hall–Kier alpha value is 3.19. The Morgan fingerprint density at radius 3 is 0.769 bits per heavy atom. The molecule has 0 unspecified atom stereocenters. The van der Waals surface area contributed by atoms with Gasteiger partial charge in [-0.15, -0.1) is 4.20 Å². The van der Waals surface area contributed by atoms with E-state index in [0.717, 1.165) is 0 Å². The van der Waals surface area contributed by atoms with Gasteiger partial charge in [-0.1, -0.05) is 0 Å². The van der Waals surface area contributed by atoms with Crippen LogP contribution in [0, 0.1) is 0 Å². The van der Waals surface area contributed by atoms with Crippen molar-refractivity contribution in [2.75, 3.05) is 0 Å². The fraction of sp³-hybridized carbons (Fsp3) is 0. The van der Waals surface area contributed by atoms with Crippen LogP contribution in [0.1, 0.15) is 0 Å². The summed E-state index contributed by atoms with van der Waals surface area (Å²) in [6.07, 6.45) is 0. The zero-order valence-electron chi connectivity index (χ0n) is 4.32. The minimum absolute atomic E-state index is 0. The zero-order chi connectivity index (χ0) is 9.00. The first-order valence-corrected chi connectivity index (χ1v) is 4.60. The van der Waals surface area contributed by atoms with Gasteiger partial charge in [-0.2, -0.15) is 0 Å². The molecule has 0 aromatic heterocycles. The molecule has 0 saturated heterocycles. The molecule has 0 bridgehead atoms. The van der Waals surface area contributed by atoms with Crippen molar-refractivity contribution in [1.29, 1.82) is 0 Å². The molecule has 0 radical (unpaired) electrons. The van der Waals surface area contributed by atoms with Crippen molar-refractivity contribution >= 4 is 104 Å². The third kappa shape index (κ3) is 260. The summed E-state index contributed by atoms with van der Waals surface area (Å²) in [6, 6.07) is 0. The molecule has 0 saturated carbocycles. The minimum atomic E-state index is -5.14. The van der Waals surface area contributed by atoms with Crippen LogP contribution in [-0.4, -0.2) is 113 Å². The third-order valence-corrected chi connectivity index (χ3v) is 0. The Bertz CT molecular complexity index is 134. The van der Waals surface area contributed by atoms with Gasteiger partial charge in [-0.3, -0.25) is 9.79 Å². The van der Waals surface area contributed by atoms with Crippen LogP contribution in [0.4, 0.5) is 4.20 Å². The van der Waals surface area contributed by atoms with Crippen molar-refractivity contribution in [3.8, 4) is 0 Å². The summed E-state index contributed by atoms with van der Waals surface area (Å²) in [4.78, 5) is 35.5. The Kier molecular flexibility index (Phi) is 30.4. The molecule has 0 amide bonds. The van der Waals surface area contributed by atoms with Crippen molar-refractivity contribution in [1.82, 2.24) is 0 Å². The number of phosphoric acid groups is 1. The van der Waals surface area contributed by atoms with Gasteiger partial charge in [0, 0.05) is 0 Å². The Morgan fingerprint density at radius 2 is 0.769 bits per heavy atom. The average molecular weight is 270 g/mol. The van der Waals surface area contributed by atoms with Gasteiger partial charge >= 0.3 is 104 Å². The van der Waals surface area contributed by atoms with Gasteiger partial charge in [-0.05, 0) is 0 Å². The van der Waals surface area contributed by atoms with E-state index in [-0.39, 0.29) is 88.7 Å². The van der Waals surface area contributed by atoms with Gasteiger partial charge in [0.2, 0.25) is 0 Å². The molecule has 0 heterocycles. The van der Waals surface area contributed by atoms with Gasteiger partial charge < -0.3 is 14.7 Å². The molecule has 0 aliphatic carbocycles. The first-order valence-electron chi connectivity index (χ1n) is 1.53. The SMILES string of the molecule is O=P(O)(O)F.O=P(O)(O)O.[NaH].[NaH].[NaH]. The molecular weight excluding hydrogens is 262 g/mol. The fourth-order valence-corrected chi connectivity index (χ4v) is 0. The van der Waals surface area contributed by atoms with E-state index in [4.69, 9.17) is 33.6 Å². The summed E-state index contributed by atoms with van der Waals surface area (Å²) in [5.41, 5.74) is 0. The summed E-state index contributed by atoms with van der Waals surface area (Å²) in [5.74, 6) is 0. The second-order valence-corrected chi connectivity index (χ2v) is 2.96. The first kappa shape index (κ1) is 29.8. The molecule has 0 rings (SSSR count). The quantitative estimate of drug-likeness (QED) is 0.236. The van der Waals surface area contributed by atoms with E-state index in [1.54, 1.807) is 0 Å². The van der Waals surface area contributed by atoms with E-state index in [1.807, 2.05) is 0 Å². The molecule has 0 atom stereocenters. The summed E-state index contributed by atoms with van der Waals surface area (Å²) in [5, 5.41) is 0. The van der Waals surface area contributed by atoms with Crippen LogP contribution in [-0.2, 0) is 9.13 Å². The predicted octanol–water partition coefficient (Wildman–Crippen LogP) is -2.83. The second-order valence-electron chi connectivity index (χ2n) is 0.986. The molecule has 13 heteroatoms. The van der Waals surface area contributed by atoms with Crippen molar-refractivity contribution in [3.63, 3.8) is 0 Å². The first-order chi connectivity index (χ1) is 4.00. The van der Waals surface area contributed by atoms with Crippen LogP contribution < -0.4 is 0 Å². The average Bonchev–Trinajstić information content (AvgIpc) is 1.12. The van der Waals surface area contributed by atoms with Crippen molar-refractivity contribution in [2.45, 2.75) is 0 Å². The molecule has 0 aliphatic heterocycles. The monoisotopic (exact) mass is 270 g/mol. The van der Waals surface area contributed by atoms with E-state index in [0.29, 0.717) is 0 Å². The maximum absolute atomic E-state index is 10.4. The summed E-state index contributed by atoms with van der Waals surface area (Å²) in [7, 11) is -9.78. The summed E-state index contributed by atoms with van der Waals surface area (Å²) < 4.78 is 27.9. The molecular formula is H8FNa3O7P2. The van der Waals surface area contributed by atoms with Crippen LogP contribution in [0.25, 0.3) is 0 Å². The van der Waals surface area contributed by atoms with Crippen LogP contribution >= 0.6 is 15.7 Å². The van der Waals surface area contributed by atoms with Gasteiger partial charge in [0.25, 0.3) is 0 Å². The number of hydrogen-bond acceptors (Lipinski definition) is 2. The summed E-state index contributed by atoms with van der Waals surface area (Å²) in [6.45, 7) is 0. The van der Waals surface area contributed by atoms with E-state index in [9.17, 15) is 4.20 Å². The number of rotatable bonds is 0. The second kappa shape index (κ2) is 13.3. The topological polar surface area (TPSA) is 135 Å². The predicted molar refractivity (Wildman–Crippen MR) is 48.9 cm³/mol. The van der Waals surface area contributed by atoms with Crippen molar-refractivity contribution < 1.29 is 37.8 Å². The fourth-order valence-electron chi connectivity index (χ4n) is 0.